The minimum absolute atomic E-state index is 0.272. The molecule has 0 fully saturated rings. The van der Waals surface area contributed by atoms with Gasteiger partial charge in [0.15, 0.2) is 5.69 Å². The van der Waals surface area contributed by atoms with E-state index in [9.17, 15) is 4.79 Å². The van der Waals surface area contributed by atoms with Gasteiger partial charge in [0.1, 0.15) is 0 Å². The molecule has 0 aliphatic heterocycles. The highest BCUT2D eigenvalue weighted by Gasteiger charge is 2.17. The Morgan fingerprint density at radius 2 is 1.91 bits per heavy atom. The SMILES string of the molecule is Cc1ccc(NC(=O)c2nnn(Cc3nsnc3C)c2C)cc1. The molecule has 0 unspecified atom stereocenters. The van der Waals surface area contributed by atoms with Crippen molar-refractivity contribution in [1.82, 2.24) is 23.7 Å². The van der Waals surface area contributed by atoms with E-state index in [1.807, 2.05) is 45.0 Å². The Morgan fingerprint density at radius 3 is 2.57 bits per heavy atom. The second-order valence-corrected chi connectivity index (χ2v) is 5.83. The number of aryl methyl sites for hydroxylation is 2. The first-order valence-corrected chi connectivity index (χ1v) is 7.84. The number of anilines is 1. The number of hydrogen-bond acceptors (Lipinski definition) is 6. The number of amides is 1. The van der Waals surface area contributed by atoms with Crippen LogP contribution in [0.5, 0.6) is 0 Å². The third-order valence-electron chi connectivity index (χ3n) is 3.55. The maximum atomic E-state index is 12.3. The third kappa shape index (κ3) is 3.26. The zero-order valence-corrected chi connectivity index (χ0v) is 13.9. The lowest BCUT2D eigenvalue weighted by Gasteiger charge is -2.05. The molecule has 1 N–H and O–H groups in total. The minimum atomic E-state index is -0.272. The van der Waals surface area contributed by atoms with Gasteiger partial charge < -0.3 is 5.32 Å². The average molecular weight is 328 g/mol. The van der Waals surface area contributed by atoms with E-state index in [1.54, 1.807) is 4.68 Å². The highest BCUT2D eigenvalue weighted by molar-refractivity contribution is 6.99. The predicted molar refractivity (Wildman–Crippen MR) is 87.6 cm³/mol. The van der Waals surface area contributed by atoms with Crippen LogP contribution in [0.1, 0.15) is 33.1 Å². The molecule has 0 radical (unpaired) electrons. The summed E-state index contributed by atoms with van der Waals surface area (Å²) in [5.74, 6) is -0.272. The highest BCUT2D eigenvalue weighted by Crippen LogP contribution is 2.13. The van der Waals surface area contributed by atoms with Crippen molar-refractivity contribution in [2.75, 3.05) is 5.32 Å². The predicted octanol–water partition coefficient (Wildman–Crippen LogP) is 2.36. The molecule has 8 heteroatoms. The topological polar surface area (TPSA) is 85.6 Å². The first-order chi connectivity index (χ1) is 11.0. The molecular formula is C15H16N6OS. The zero-order valence-electron chi connectivity index (χ0n) is 13.1. The summed E-state index contributed by atoms with van der Waals surface area (Å²) in [6.07, 6.45) is 0. The number of benzene rings is 1. The molecule has 1 amide bonds. The largest absolute Gasteiger partial charge is 0.321 e. The summed E-state index contributed by atoms with van der Waals surface area (Å²) in [6, 6.07) is 7.60. The van der Waals surface area contributed by atoms with Crippen molar-refractivity contribution in [3.05, 3.63) is 52.6 Å². The van der Waals surface area contributed by atoms with Crippen molar-refractivity contribution in [3.8, 4) is 0 Å². The fourth-order valence-corrected chi connectivity index (χ4v) is 2.64. The number of carbonyl (C=O) groups excluding carboxylic acids is 1. The Labute approximate surface area is 137 Å². The van der Waals surface area contributed by atoms with Gasteiger partial charge in [-0.15, -0.1) is 5.10 Å². The van der Waals surface area contributed by atoms with E-state index in [0.717, 1.165) is 22.6 Å². The first kappa shape index (κ1) is 15.3. The average Bonchev–Trinajstić information content (AvgIpc) is 3.09. The van der Waals surface area contributed by atoms with Gasteiger partial charge in [0.25, 0.3) is 5.91 Å². The summed E-state index contributed by atoms with van der Waals surface area (Å²) < 4.78 is 10.0. The van der Waals surface area contributed by atoms with Gasteiger partial charge in [-0.05, 0) is 32.9 Å². The van der Waals surface area contributed by atoms with Gasteiger partial charge in [0, 0.05) is 5.69 Å². The van der Waals surface area contributed by atoms with Crippen molar-refractivity contribution in [2.45, 2.75) is 27.3 Å². The molecule has 1 aromatic carbocycles. The van der Waals surface area contributed by atoms with E-state index in [2.05, 4.69) is 24.4 Å². The molecule has 23 heavy (non-hydrogen) atoms. The number of nitrogens with one attached hydrogen (secondary N) is 1. The molecule has 0 aliphatic rings. The van der Waals surface area contributed by atoms with Crippen LogP contribution in [-0.2, 0) is 6.54 Å². The van der Waals surface area contributed by atoms with E-state index in [4.69, 9.17) is 0 Å². The van der Waals surface area contributed by atoms with E-state index in [0.29, 0.717) is 17.9 Å². The van der Waals surface area contributed by atoms with Crippen LogP contribution >= 0.6 is 11.7 Å². The molecule has 7 nitrogen and oxygen atoms in total. The van der Waals surface area contributed by atoms with E-state index >= 15 is 0 Å². The number of carbonyl (C=O) groups is 1. The van der Waals surface area contributed by atoms with Gasteiger partial charge >= 0.3 is 0 Å². The van der Waals surface area contributed by atoms with Crippen LogP contribution in [-0.4, -0.2) is 29.6 Å². The maximum Gasteiger partial charge on any atom is 0.278 e. The number of hydrogen-bond donors (Lipinski definition) is 1. The van der Waals surface area contributed by atoms with Gasteiger partial charge in [0.05, 0.1) is 35.4 Å². The van der Waals surface area contributed by atoms with Crippen molar-refractivity contribution in [1.29, 1.82) is 0 Å². The summed E-state index contributed by atoms with van der Waals surface area (Å²) >= 11 is 1.17. The Bertz CT molecular complexity index is 836. The summed E-state index contributed by atoms with van der Waals surface area (Å²) in [5, 5.41) is 10.9. The second-order valence-electron chi connectivity index (χ2n) is 5.30. The third-order valence-corrected chi connectivity index (χ3v) is 4.21. The first-order valence-electron chi connectivity index (χ1n) is 7.10. The van der Waals surface area contributed by atoms with Gasteiger partial charge in [-0.3, -0.25) is 4.79 Å². The molecule has 0 bridgehead atoms. The van der Waals surface area contributed by atoms with Crippen molar-refractivity contribution in [2.24, 2.45) is 0 Å². The summed E-state index contributed by atoms with van der Waals surface area (Å²) in [4.78, 5) is 12.3. The van der Waals surface area contributed by atoms with Crippen LogP contribution in [0, 0.1) is 20.8 Å². The van der Waals surface area contributed by atoms with Crippen molar-refractivity contribution in [3.63, 3.8) is 0 Å². The number of nitrogens with zero attached hydrogens (tertiary/aromatic N) is 5. The van der Waals surface area contributed by atoms with Crippen LogP contribution in [0.3, 0.4) is 0 Å². The van der Waals surface area contributed by atoms with E-state index in [1.165, 1.54) is 11.7 Å². The molecule has 2 aromatic heterocycles. The second kappa shape index (κ2) is 6.25. The summed E-state index contributed by atoms with van der Waals surface area (Å²) in [6.45, 7) is 6.17. The molecule has 3 aromatic rings. The molecule has 0 saturated carbocycles. The van der Waals surface area contributed by atoms with Crippen molar-refractivity contribution < 1.29 is 4.79 Å². The molecule has 0 saturated heterocycles. The lowest BCUT2D eigenvalue weighted by atomic mass is 10.2. The highest BCUT2D eigenvalue weighted by atomic mass is 32.1. The quantitative estimate of drug-likeness (QED) is 0.794. The Morgan fingerprint density at radius 1 is 1.17 bits per heavy atom. The Hall–Kier alpha value is -2.61. The summed E-state index contributed by atoms with van der Waals surface area (Å²) in [7, 11) is 0. The number of rotatable bonds is 4. The van der Waals surface area contributed by atoms with Gasteiger partial charge in [-0.25, -0.2) is 4.68 Å². The minimum Gasteiger partial charge on any atom is -0.321 e. The fraction of sp³-hybridized carbons (Fsp3) is 0.267. The lowest BCUT2D eigenvalue weighted by Crippen LogP contribution is -2.14. The van der Waals surface area contributed by atoms with Gasteiger partial charge in [0.2, 0.25) is 0 Å². The molecule has 0 atom stereocenters. The summed E-state index contributed by atoms with van der Waals surface area (Å²) in [5.41, 5.74) is 4.59. The molecule has 118 valence electrons. The van der Waals surface area contributed by atoms with Gasteiger partial charge in [-0.2, -0.15) is 8.75 Å². The van der Waals surface area contributed by atoms with Crippen LogP contribution in [0.4, 0.5) is 5.69 Å². The Balaban J connectivity index is 1.77. The number of aromatic nitrogens is 5. The molecule has 0 spiro atoms. The standard InChI is InChI=1S/C15H16N6OS/c1-9-4-6-12(7-5-9)16-15(22)14-11(3)21(20-17-14)8-13-10(2)18-23-19-13/h4-7H,8H2,1-3H3,(H,16,22). The molecular weight excluding hydrogens is 312 g/mol. The molecule has 3 rings (SSSR count). The maximum absolute atomic E-state index is 12.3. The van der Waals surface area contributed by atoms with E-state index in [-0.39, 0.29) is 5.91 Å². The van der Waals surface area contributed by atoms with E-state index < -0.39 is 0 Å². The molecule has 2 heterocycles. The zero-order chi connectivity index (χ0) is 16.4. The van der Waals surface area contributed by atoms with Gasteiger partial charge in [-0.1, -0.05) is 22.9 Å². The van der Waals surface area contributed by atoms with Crippen LogP contribution in [0.25, 0.3) is 0 Å². The molecule has 0 aliphatic carbocycles. The Kier molecular flexibility index (Phi) is 4.16. The normalized spacial score (nSPS) is 10.7. The van der Waals surface area contributed by atoms with Crippen LogP contribution in [0.15, 0.2) is 24.3 Å². The van der Waals surface area contributed by atoms with Crippen molar-refractivity contribution >= 4 is 23.3 Å². The van der Waals surface area contributed by atoms with Crippen LogP contribution < -0.4 is 5.32 Å². The van der Waals surface area contributed by atoms with Crippen LogP contribution in [0.2, 0.25) is 0 Å². The smallest absolute Gasteiger partial charge is 0.278 e. The lowest BCUT2D eigenvalue weighted by molar-refractivity contribution is 0.102. The monoisotopic (exact) mass is 328 g/mol. The fourth-order valence-electron chi connectivity index (χ4n) is 2.08.